The third-order valence-electron chi connectivity index (χ3n) is 7.74. The Morgan fingerprint density at radius 1 is 1.17 bits per heavy atom. The standard InChI is InChI=1S/C23H40N2O5/c1-20(2,24)15-25-19(26)12-16-6-9-23(10-7-16)28-21(3,29-30-23)18-11-17-5-4-8-22(27,13-17)14-18/h16-18,27H,4-15,24H2,1-3H3,(H,25,26)/t16-,17?,18?,21-,22-,23+/m0/s1. The van der Waals surface area contributed by atoms with E-state index in [9.17, 15) is 9.90 Å². The number of carbonyl (C=O) groups is 1. The zero-order chi connectivity index (χ0) is 21.6. The number of hydrogen-bond acceptors (Lipinski definition) is 6. The molecule has 0 aromatic heterocycles. The predicted molar refractivity (Wildman–Crippen MR) is 112 cm³/mol. The van der Waals surface area contributed by atoms with E-state index in [4.69, 9.17) is 20.2 Å². The summed E-state index contributed by atoms with van der Waals surface area (Å²) in [5, 5.41) is 13.9. The van der Waals surface area contributed by atoms with Crippen molar-refractivity contribution in [3.63, 3.8) is 0 Å². The highest BCUT2D eigenvalue weighted by molar-refractivity contribution is 5.76. The van der Waals surface area contributed by atoms with Crippen molar-refractivity contribution in [1.82, 2.24) is 5.32 Å². The number of aliphatic hydroxyl groups is 1. The lowest BCUT2D eigenvalue weighted by Gasteiger charge is -2.48. The summed E-state index contributed by atoms with van der Waals surface area (Å²) in [6, 6.07) is 0. The first kappa shape index (κ1) is 22.5. The van der Waals surface area contributed by atoms with Crippen LogP contribution < -0.4 is 11.1 Å². The minimum atomic E-state index is -0.805. The Labute approximate surface area is 180 Å². The summed E-state index contributed by atoms with van der Waals surface area (Å²) in [6.45, 7) is 6.27. The van der Waals surface area contributed by atoms with Crippen molar-refractivity contribution in [2.24, 2.45) is 23.5 Å². The number of hydrogen-bond donors (Lipinski definition) is 3. The fraction of sp³-hybridized carbons (Fsp3) is 0.957. The molecule has 4 N–H and O–H groups in total. The van der Waals surface area contributed by atoms with Gasteiger partial charge in [0.2, 0.25) is 17.5 Å². The number of ether oxygens (including phenoxy) is 1. The molecule has 2 unspecified atom stereocenters. The Morgan fingerprint density at radius 2 is 1.90 bits per heavy atom. The fourth-order valence-corrected chi connectivity index (χ4v) is 6.07. The van der Waals surface area contributed by atoms with Crippen molar-refractivity contribution in [1.29, 1.82) is 0 Å². The highest BCUT2D eigenvalue weighted by Gasteiger charge is 2.58. The molecule has 30 heavy (non-hydrogen) atoms. The maximum Gasteiger partial charge on any atom is 0.220 e. The molecule has 1 amide bonds. The molecule has 1 spiro atoms. The molecule has 3 aliphatic carbocycles. The van der Waals surface area contributed by atoms with E-state index in [0.717, 1.165) is 57.8 Å². The molecule has 1 aliphatic heterocycles. The summed E-state index contributed by atoms with van der Waals surface area (Å²) in [7, 11) is 0. The molecule has 2 bridgehead atoms. The third kappa shape index (κ3) is 5.01. The molecule has 172 valence electrons. The van der Waals surface area contributed by atoms with Crippen LogP contribution in [0.3, 0.4) is 0 Å². The molecular formula is C23H40N2O5. The fourth-order valence-electron chi connectivity index (χ4n) is 6.07. The van der Waals surface area contributed by atoms with Gasteiger partial charge in [-0.2, -0.15) is 9.78 Å². The maximum atomic E-state index is 12.2. The van der Waals surface area contributed by atoms with Crippen LogP contribution in [0.15, 0.2) is 0 Å². The quantitative estimate of drug-likeness (QED) is 0.586. The summed E-state index contributed by atoms with van der Waals surface area (Å²) in [5.74, 6) is -0.437. The summed E-state index contributed by atoms with van der Waals surface area (Å²) < 4.78 is 6.50. The smallest absolute Gasteiger partial charge is 0.220 e. The number of rotatable bonds is 5. The van der Waals surface area contributed by atoms with Crippen LogP contribution >= 0.6 is 0 Å². The van der Waals surface area contributed by atoms with Crippen molar-refractivity contribution in [3.8, 4) is 0 Å². The first-order valence-corrected chi connectivity index (χ1v) is 11.8. The lowest BCUT2D eigenvalue weighted by Crippen LogP contribution is -2.50. The van der Waals surface area contributed by atoms with E-state index < -0.39 is 22.7 Å². The molecule has 7 heteroatoms. The van der Waals surface area contributed by atoms with Crippen LogP contribution in [0.25, 0.3) is 0 Å². The Balaban J connectivity index is 1.29. The van der Waals surface area contributed by atoms with Crippen molar-refractivity contribution < 1.29 is 24.4 Å². The first-order valence-electron chi connectivity index (χ1n) is 11.8. The number of carbonyl (C=O) groups excluding carboxylic acids is 1. The van der Waals surface area contributed by atoms with E-state index in [1.165, 1.54) is 6.42 Å². The molecule has 4 atom stereocenters. The van der Waals surface area contributed by atoms with Crippen LogP contribution in [0, 0.1) is 17.8 Å². The molecule has 4 rings (SSSR count). The molecule has 1 saturated heterocycles. The van der Waals surface area contributed by atoms with Crippen LogP contribution in [0.5, 0.6) is 0 Å². The highest BCUT2D eigenvalue weighted by Crippen LogP contribution is 2.54. The second-order valence-electron chi connectivity index (χ2n) is 11.4. The Kier molecular flexibility index (Phi) is 5.99. The molecule has 4 aliphatic rings. The topological polar surface area (TPSA) is 103 Å². The zero-order valence-corrected chi connectivity index (χ0v) is 18.9. The van der Waals surface area contributed by atoms with E-state index in [1.807, 2.05) is 20.8 Å². The van der Waals surface area contributed by atoms with Gasteiger partial charge < -0.3 is 20.9 Å². The van der Waals surface area contributed by atoms with E-state index in [2.05, 4.69) is 5.32 Å². The van der Waals surface area contributed by atoms with Gasteiger partial charge in [-0.3, -0.25) is 4.79 Å². The summed E-state index contributed by atoms with van der Waals surface area (Å²) in [4.78, 5) is 23.9. The Morgan fingerprint density at radius 3 is 2.57 bits per heavy atom. The van der Waals surface area contributed by atoms with Gasteiger partial charge in [0.15, 0.2) is 0 Å². The predicted octanol–water partition coefficient (Wildman–Crippen LogP) is 3.14. The van der Waals surface area contributed by atoms with E-state index in [-0.39, 0.29) is 11.8 Å². The lowest BCUT2D eigenvalue weighted by atomic mass is 9.63. The van der Waals surface area contributed by atoms with Gasteiger partial charge in [-0.15, -0.1) is 0 Å². The normalized spacial score (nSPS) is 44.2. The van der Waals surface area contributed by atoms with Crippen molar-refractivity contribution in [3.05, 3.63) is 0 Å². The van der Waals surface area contributed by atoms with Gasteiger partial charge in [0.25, 0.3) is 0 Å². The lowest BCUT2D eigenvalue weighted by molar-refractivity contribution is -0.363. The average molecular weight is 425 g/mol. The summed E-state index contributed by atoms with van der Waals surface area (Å²) >= 11 is 0. The van der Waals surface area contributed by atoms with Gasteiger partial charge in [-0.05, 0) is 71.1 Å². The molecule has 1 heterocycles. The number of amides is 1. The second kappa shape index (κ2) is 8.00. The molecule has 3 saturated carbocycles. The molecule has 0 aromatic rings. The zero-order valence-electron chi connectivity index (χ0n) is 18.9. The monoisotopic (exact) mass is 424 g/mol. The van der Waals surface area contributed by atoms with E-state index in [1.54, 1.807) is 0 Å². The Hall–Kier alpha value is -0.730. The van der Waals surface area contributed by atoms with Crippen molar-refractivity contribution >= 4 is 5.91 Å². The minimum Gasteiger partial charge on any atom is -0.390 e. The van der Waals surface area contributed by atoms with Gasteiger partial charge in [0.05, 0.1) is 5.60 Å². The number of fused-ring (bicyclic) bond motifs is 2. The van der Waals surface area contributed by atoms with E-state index >= 15 is 0 Å². The molecule has 0 radical (unpaired) electrons. The van der Waals surface area contributed by atoms with Gasteiger partial charge in [0.1, 0.15) is 0 Å². The second-order valence-corrected chi connectivity index (χ2v) is 11.4. The molecule has 7 nitrogen and oxygen atoms in total. The number of nitrogens with two attached hydrogens (primary N) is 1. The number of nitrogens with one attached hydrogen (secondary N) is 1. The van der Waals surface area contributed by atoms with Crippen LogP contribution in [0.2, 0.25) is 0 Å². The summed E-state index contributed by atoms with van der Waals surface area (Å²) in [5.41, 5.74) is 4.98. The highest BCUT2D eigenvalue weighted by atomic mass is 17.3. The maximum absolute atomic E-state index is 12.2. The molecular weight excluding hydrogens is 384 g/mol. The van der Waals surface area contributed by atoms with Crippen molar-refractivity contribution in [2.75, 3.05) is 6.54 Å². The van der Waals surface area contributed by atoms with Crippen LogP contribution in [0.1, 0.15) is 91.4 Å². The average Bonchev–Trinajstić information content (AvgIpc) is 2.99. The minimum absolute atomic E-state index is 0.0609. The van der Waals surface area contributed by atoms with Crippen LogP contribution in [-0.4, -0.2) is 40.3 Å². The van der Waals surface area contributed by atoms with Crippen molar-refractivity contribution in [2.45, 2.75) is 114 Å². The third-order valence-corrected chi connectivity index (χ3v) is 7.74. The summed E-state index contributed by atoms with van der Waals surface area (Å²) in [6.07, 6.45) is 9.55. The van der Waals surface area contributed by atoms with Crippen LogP contribution in [0.4, 0.5) is 0 Å². The SMILES string of the molecule is CC(C)(N)CNC(=O)C[C@H]1CC[C@]2(CC1)OO[C@@](C)(C1CC3CCC[C@](O)(C3)C1)O2. The van der Waals surface area contributed by atoms with Crippen LogP contribution in [-0.2, 0) is 19.3 Å². The Bertz CT molecular complexity index is 642. The first-order chi connectivity index (χ1) is 14.0. The molecule has 0 aromatic carbocycles. The largest absolute Gasteiger partial charge is 0.390 e. The van der Waals surface area contributed by atoms with E-state index in [0.29, 0.717) is 24.8 Å². The van der Waals surface area contributed by atoms with Gasteiger partial charge >= 0.3 is 0 Å². The van der Waals surface area contributed by atoms with Gasteiger partial charge in [-0.1, -0.05) is 12.8 Å². The van der Waals surface area contributed by atoms with Gasteiger partial charge in [-0.25, -0.2) is 0 Å². The van der Waals surface area contributed by atoms with Gasteiger partial charge in [0, 0.05) is 37.3 Å². The molecule has 4 fully saturated rings.